The van der Waals surface area contributed by atoms with E-state index in [4.69, 9.17) is 13.9 Å². The van der Waals surface area contributed by atoms with Gasteiger partial charge in [0, 0.05) is 22.0 Å². The van der Waals surface area contributed by atoms with Gasteiger partial charge >= 0.3 is 11.9 Å². The van der Waals surface area contributed by atoms with Crippen LogP contribution >= 0.6 is 0 Å². The molecule has 38 heavy (non-hydrogen) atoms. The fraction of sp³-hybridized carbons (Fsp3) is 0.375. The van der Waals surface area contributed by atoms with Crippen molar-refractivity contribution >= 4 is 44.8 Å². The molecule has 2 aliphatic rings. The maximum absolute atomic E-state index is 13.6. The first kappa shape index (κ1) is 25.8. The zero-order valence-corrected chi connectivity index (χ0v) is 22.7. The Morgan fingerprint density at radius 1 is 0.789 bits per heavy atom. The van der Waals surface area contributed by atoms with E-state index in [9.17, 15) is 9.59 Å². The second kappa shape index (κ2) is 10.9. The molecule has 3 aromatic carbocycles. The molecule has 0 saturated heterocycles. The van der Waals surface area contributed by atoms with E-state index in [1.54, 1.807) is 0 Å². The molecule has 2 aliphatic heterocycles. The Hall–Kier alpha value is -3.80. The van der Waals surface area contributed by atoms with Crippen molar-refractivity contribution in [3.05, 3.63) is 64.8 Å². The Morgan fingerprint density at radius 2 is 1.39 bits per heavy atom. The number of hydrogen-bond donors (Lipinski definition) is 0. The van der Waals surface area contributed by atoms with Gasteiger partial charge in [-0.3, -0.25) is 0 Å². The number of unbranched alkanes of at least 4 members (excludes halogenated alkanes) is 4. The number of pyridine rings is 1. The van der Waals surface area contributed by atoms with Crippen LogP contribution in [0.15, 0.2) is 46.9 Å². The summed E-state index contributed by atoms with van der Waals surface area (Å²) >= 11 is 0. The highest BCUT2D eigenvalue weighted by Crippen LogP contribution is 2.44. The third-order valence-electron chi connectivity index (χ3n) is 7.38. The molecule has 0 bridgehead atoms. The number of esters is 2. The lowest BCUT2D eigenvalue weighted by molar-refractivity contribution is 0.0490. The number of carbonyl (C=O) groups excluding carboxylic acids is 2. The van der Waals surface area contributed by atoms with E-state index in [0.717, 1.165) is 77.1 Å². The van der Waals surface area contributed by atoms with Gasteiger partial charge in [0.05, 0.1) is 35.5 Å². The minimum Gasteiger partial charge on any atom is -0.462 e. The summed E-state index contributed by atoms with van der Waals surface area (Å²) in [6, 6.07) is 13.5. The minimum atomic E-state index is -0.373. The van der Waals surface area contributed by atoms with Gasteiger partial charge in [-0.25, -0.2) is 9.59 Å². The second-order valence-electron chi connectivity index (χ2n) is 9.96. The molecule has 0 unspecified atom stereocenters. The maximum atomic E-state index is 13.6. The van der Waals surface area contributed by atoms with Crippen LogP contribution in [0.1, 0.15) is 84.3 Å². The van der Waals surface area contributed by atoms with Crippen molar-refractivity contribution in [3.63, 3.8) is 0 Å². The topological polar surface area (TPSA) is 70.7 Å². The van der Waals surface area contributed by atoms with Crippen LogP contribution in [0.3, 0.4) is 0 Å². The number of rotatable bonds is 10. The average Bonchev–Trinajstić information content (AvgIpc) is 2.92. The zero-order chi connectivity index (χ0) is 26.8. The fourth-order valence-electron chi connectivity index (χ4n) is 5.48. The fourth-order valence-corrected chi connectivity index (χ4v) is 5.48. The molecule has 6 heteroatoms. The van der Waals surface area contributed by atoms with Gasteiger partial charge in [0.2, 0.25) is 0 Å². The highest BCUT2D eigenvalue weighted by atomic mass is 16.5. The first-order chi connectivity index (χ1) is 18.5. The van der Waals surface area contributed by atoms with E-state index in [-0.39, 0.29) is 11.9 Å². The number of carbonyl (C=O) groups is 2. The largest absolute Gasteiger partial charge is 0.462 e. The van der Waals surface area contributed by atoms with Crippen LogP contribution in [-0.2, 0) is 9.47 Å². The third kappa shape index (κ3) is 4.32. The molecule has 3 aromatic rings. The first-order valence-corrected chi connectivity index (χ1v) is 13.7. The van der Waals surface area contributed by atoms with Gasteiger partial charge in [-0.1, -0.05) is 69.9 Å². The van der Waals surface area contributed by atoms with Crippen molar-refractivity contribution in [1.29, 1.82) is 0 Å². The molecule has 0 N–H and O–H groups in total. The lowest BCUT2D eigenvalue weighted by Crippen LogP contribution is -2.18. The molecule has 198 valence electrons. The van der Waals surface area contributed by atoms with Gasteiger partial charge in [0.1, 0.15) is 0 Å². The van der Waals surface area contributed by atoms with Gasteiger partial charge in [0.15, 0.2) is 11.2 Å². The maximum Gasteiger partial charge on any atom is 0.340 e. The van der Waals surface area contributed by atoms with Crippen molar-refractivity contribution in [2.75, 3.05) is 13.2 Å². The summed E-state index contributed by atoms with van der Waals surface area (Å²) in [5.41, 5.74) is 5.45. The number of aromatic nitrogens is 1. The Labute approximate surface area is 222 Å². The number of hydrogen-bond acceptors (Lipinski definition) is 5. The summed E-state index contributed by atoms with van der Waals surface area (Å²) in [4.78, 5) is 27.0. The minimum absolute atomic E-state index is 0.355. The van der Waals surface area contributed by atoms with Gasteiger partial charge in [-0.15, -0.1) is 0 Å². The summed E-state index contributed by atoms with van der Waals surface area (Å²) in [7, 11) is 0. The number of para-hydroxylation sites is 2. The number of benzene rings is 3. The normalized spacial score (nSPS) is 11.7. The van der Waals surface area contributed by atoms with Gasteiger partial charge in [-0.2, -0.15) is 0 Å². The summed E-state index contributed by atoms with van der Waals surface area (Å²) in [5.74, 6) is -0.728. The van der Waals surface area contributed by atoms with E-state index in [1.165, 1.54) is 0 Å². The van der Waals surface area contributed by atoms with Crippen LogP contribution in [0, 0.1) is 13.8 Å². The van der Waals surface area contributed by atoms with Gasteiger partial charge in [0.25, 0.3) is 0 Å². The van der Waals surface area contributed by atoms with E-state index in [2.05, 4.69) is 18.4 Å². The number of nitrogens with zero attached hydrogens (tertiary/aromatic N) is 1. The molecule has 0 aromatic heterocycles. The van der Waals surface area contributed by atoms with Crippen molar-refractivity contribution < 1.29 is 23.5 Å². The molecule has 0 atom stereocenters. The smallest absolute Gasteiger partial charge is 0.340 e. The van der Waals surface area contributed by atoms with Crippen LogP contribution < -0.4 is 0 Å². The van der Waals surface area contributed by atoms with Crippen LogP contribution in [0.4, 0.5) is 0 Å². The standard InChI is InChI=1S/C32H35NO5/c1-5-7-11-18-36-31(34)26-20(3)30-29-28-22(26)14-13-15-23(28)27(32(35)37-19-12-8-6-2)21(4)33(29)24-16-9-10-17-25(24)38-30/h9-10,13-17H,5-8,11-12,18-19H2,1-4H3. The van der Waals surface area contributed by atoms with Crippen molar-refractivity contribution in [2.24, 2.45) is 0 Å². The SMILES string of the molecule is CCCCCOC(=O)c1c(C)c2oc3ccccc3n3c(C)c(C(=O)OCCCCC)c4cccc1c4c2-3. The Kier molecular flexibility index (Phi) is 7.41. The first-order valence-electron chi connectivity index (χ1n) is 13.7. The molecule has 0 amide bonds. The predicted molar refractivity (Wildman–Crippen MR) is 151 cm³/mol. The molecular formula is C32H35NO5. The average molecular weight is 514 g/mol. The predicted octanol–water partition coefficient (Wildman–Crippen LogP) is 8.28. The molecule has 0 radical (unpaired) electrons. The lowest BCUT2D eigenvalue weighted by Gasteiger charge is -2.26. The molecule has 0 saturated carbocycles. The third-order valence-corrected chi connectivity index (χ3v) is 7.38. The van der Waals surface area contributed by atoms with Crippen LogP contribution in [-0.4, -0.2) is 29.7 Å². The monoisotopic (exact) mass is 513 g/mol. The van der Waals surface area contributed by atoms with Crippen LogP contribution in [0.2, 0.25) is 0 Å². The molecule has 5 rings (SSSR count). The highest BCUT2D eigenvalue weighted by Gasteiger charge is 2.30. The molecule has 6 nitrogen and oxygen atoms in total. The molecule has 0 aliphatic carbocycles. The second-order valence-corrected chi connectivity index (χ2v) is 9.96. The number of fused-ring (bicyclic) bond motifs is 2. The summed E-state index contributed by atoms with van der Waals surface area (Å²) in [6.07, 6.45) is 5.76. The highest BCUT2D eigenvalue weighted by molar-refractivity contribution is 6.22. The van der Waals surface area contributed by atoms with Crippen LogP contribution in [0.25, 0.3) is 38.5 Å². The van der Waals surface area contributed by atoms with Crippen LogP contribution in [0.5, 0.6) is 0 Å². The Morgan fingerprint density at radius 3 is 2.05 bits per heavy atom. The molecule has 0 fully saturated rings. The van der Waals surface area contributed by atoms with E-state index >= 15 is 0 Å². The molecule has 0 spiro atoms. The van der Waals surface area contributed by atoms with Gasteiger partial charge in [-0.05, 0) is 44.2 Å². The zero-order valence-electron chi connectivity index (χ0n) is 22.7. The summed E-state index contributed by atoms with van der Waals surface area (Å²) < 4.78 is 20.0. The number of aryl methyl sites for hydroxylation is 1. The summed E-state index contributed by atoms with van der Waals surface area (Å²) in [6.45, 7) is 8.83. The van der Waals surface area contributed by atoms with E-state index in [0.29, 0.717) is 35.5 Å². The van der Waals surface area contributed by atoms with Gasteiger partial charge < -0.3 is 18.5 Å². The Bertz CT molecular complexity index is 1610. The van der Waals surface area contributed by atoms with E-state index < -0.39 is 0 Å². The van der Waals surface area contributed by atoms with Crippen molar-refractivity contribution in [3.8, 4) is 5.69 Å². The van der Waals surface area contributed by atoms with Crippen molar-refractivity contribution in [1.82, 2.24) is 4.57 Å². The molecule has 2 heterocycles. The quantitative estimate of drug-likeness (QED) is 0.0813. The van der Waals surface area contributed by atoms with Crippen molar-refractivity contribution in [2.45, 2.75) is 66.2 Å². The lowest BCUT2D eigenvalue weighted by atomic mass is 9.90. The summed E-state index contributed by atoms with van der Waals surface area (Å²) in [5, 5.41) is 2.29. The van der Waals surface area contributed by atoms with E-state index in [1.807, 2.05) is 56.3 Å². The number of ether oxygens (including phenoxy) is 2. The Balaban J connectivity index is 1.81. The molecular weight excluding hydrogens is 478 g/mol.